The highest BCUT2D eigenvalue weighted by Gasteiger charge is 2.16. The molecule has 1 atom stereocenters. The molecule has 1 aromatic heterocycles. The first kappa shape index (κ1) is 13.9. The van der Waals surface area contributed by atoms with Crippen molar-refractivity contribution in [1.29, 1.82) is 0 Å². The van der Waals surface area contributed by atoms with Gasteiger partial charge in [0.25, 0.3) is 0 Å². The number of benzene rings is 1. The number of ether oxygens (including phenoxy) is 2. The summed E-state index contributed by atoms with van der Waals surface area (Å²) in [5.74, 6) is 1.67. The van der Waals surface area contributed by atoms with E-state index in [0.717, 1.165) is 23.5 Å². The van der Waals surface area contributed by atoms with Gasteiger partial charge in [-0.1, -0.05) is 6.07 Å². The van der Waals surface area contributed by atoms with Crippen LogP contribution in [0.15, 0.2) is 35.0 Å². The van der Waals surface area contributed by atoms with Gasteiger partial charge in [-0.25, -0.2) is 0 Å². The van der Waals surface area contributed by atoms with Crippen molar-refractivity contribution < 1.29 is 9.47 Å². The average molecular weight is 277 g/mol. The van der Waals surface area contributed by atoms with Crippen LogP contribution < -0.4 is 14.8 Å². The Hall–Kier alpha value is -1.52. The largest absolute Gasteiger partial charge is 0.497 e. The van der Waals surface area contributed by atoms with Gasteiger partial charge in [0.1, 0.15) is 11.5 Å². The maximum atomic E-state index is 5.47. The molecule has 0 spiro atoms. The van der Waals surface area contributed by atoms with Crippen LogP contribution in [0.4, 0.5) is 0 Å². The minimum absolute atomic E-state index is 0.232. The molecule has 102 valence electrons. The van der Waals surface area contributed by atoms with Crippen molar-refractivity contribution in [2.24, 2.45) is 0 Å². The average Bonchev–Trinajstić information content (AvgIpc) is 2.97. The van der Waals surface area contributed by atoms with Crippen molar-refractivity contribution >= 4 is 11.3 Å². The summed E-state index contributed by atoms with van der Waals surface area (Å²) in [6, 6.07) is 8.34. The summed E-state index contributed by atoms with van der Waals surface area (Å²) in [5.41, 5.74) is 2.49. The van der Waals surface area contributed by atoms with Crippen LogP contribution in [0.1, 0.15) is 17.2 Å². The van der Waals surface area contributed by atoms with Crippen LogP contribution in [0.25, 0.3) is 0 Å². The second kappa shape index (κ2) is 6.59. The van der Waals surface area contributed by atoms with E-state index in [1.807, 2.05) is 19.2 Å². The van der Waals surface area contributed by atoms with E-state index in [9.17, 15) is 0 Å². The number of likely N-dealkylation sites (N-methyl/N-ethyl adjacent to an activating group) is 1. The third kappa shape index (κ3) is 3.28. The number of nitrogens with one attached hydrogen (secondary N) is 1. The monoisotopic (exact) mass is 277 g/mol. The first-order valence-electron chi connectivity index (χ1n) is 6.18. The van der Waals surface area contributed by atoms with E-state index < -0.39 is 0 Å². The summed E-state index contributed by atoms with van der Waals surface area (Å²) in [7, 11) is 5.33. The van der Waals surface area contributed by atoms with Crippen molar-refractivity contribution in [2.45, 2.75) is 12.5 Å². The third-order valence-electron chi connectivity index (χ3n) is 3.18. The Morgan fingerprint density at radius 3 is 2.63 bits per heavy atom. The van der Waals surface area contributed by atoms with Gasteiger partial charge in [-0.3, -0.25) is 0 Å². The Bertz CT molecular complexity index is 511. The number of hydrogen-bond acceptors (Lipinski definition) is 4. The summed E-state index contributed by atoms with van der Waals surface area (Å²) in [6.45, 7) is 0. The lowest BCUT2D eigenvalue weighted by molar-refractivity contribution is 0.385. The van der Waals surface area contributed by atoms with Crippen LogP contribution in [0, 0.1) is 0 Å². The van der Waals surface area contributed by atoms with E-state index in [2.05, 4.69) is 28.2 Å². The minimum atomic E-state index is 0.232. The molecule has 0 radical (unpaired) electrons. The van der Waals surface area contributed by atoms with Crippen molar-refractivity contribution in [3.8, 4) is 11.5 Å². The molecule has 2 rings (SSSR count). The fraction of sp³-hybridized carbons (Fsp3) is 0.333. The Morgan fingerprint density at radius 1 is 1.21 bits per heavy atom. The van der Waals surface area contributed by atoms with E-state index in [1.54, 1.807) is 25.6 Å². The molecule has 1 unspecified atom stereocenters. The van der Waals surface area contributed by atoms with Crippen LogP contribution in [0.5, 0.6) is 11.5 Å². The van der Waals surface area contributed by atoms with Gasteiger partial charge in [0.05, 0.1) is 14.2 Å². The molecule has 0 aliphatic carbocycles. The smallest absolute Gasteiger partial charge is 0.127 e. The Balaban J connectivity index is 2.26. The van der Waals surface area contributed by atoms with Gasteiger partial charge in [-0.15, -0.1) is 0 Å². The van der Waals surface area contributed by atoms with Gasteiger partial charge in [0, 0.05) is 17.7 Å². The second-order valence-corrected chi connectivity index (χ2v) is 5.06. The number of hydrogen-bond donors (Lipinski definition) is 1. The number of methoxy groups -OCH3 is 2. The molecule has 0 saturated heterocycles. The summed E-state index contributed by atoms with van der Waals surface area (Å²) >= 11 is 1.72. The van der Waals surface area contributed by atoms with Crippen LogP contribution >= 0.6 is 11.3 Å². The van der Waals surface area contributed by atoms with Crippen LogP contribution in [0.3, 0.4) is 0 Å². The second-order valence-electron chi connectivity index (χ2n) is 4.28. The zero-order chi connectivity index (χ0) is 13.7. The van der Waals surface area contributed by atoms with E-state index in [-0.39, 0.29) is 6.04 Å². The standard InChI is InChI=1S/C15H19NO2S/c1-16-14(8-11-6-7-19-10-11)13-5-4-12(17-2)9-15(13)18-3/h4-7,9-10,14,16H,8H2,1-3H3. The molecule has 0 amide bonds. The Morgan fingerprint density at radius 2 is 2.05 bits per heavy atom. The fourth-order valence-corrected chi connectivity index (χ4v) is 2.80. The first-order chi connectivity index (χ1) is 9.28. The van der Waals surface area contributed by atoms with Crippen LogP contribution in [0.2, 0.25) is 0 Å². The molecule has 2 aromatic rings. The lowest BCUT2D eigenvalue weighted by Crippen LogP contribution is -2.19. The molecule has 0 bridgehead atoms. The lowest BCUT2D eigenvalue weighted by atomic mass is 9.99. The summed E-state index contributed by atoms with van der Waals surface area (Å²) in [5, 5.41) is 7.64. The molecule has 1 aromatic carbocycles. The molecule has 0 aliphatic rings. The molecule has 0 fully saturated rings. The van der Waals surface area contributed by atoms with Crippen molar-refractivity contribution in [3.05, 3.63) is 46.2 Å². The number of rotatable bonds is 6. The molecule has 0 saturated carbocycles. The van der Waals surface area contributed by atoms with E-state index in [1.165, 1.54) is 5.56 Å². The third-order valence-corrected chi connectivity index (χ3v) is 3.92. The first-order valence-corrected chi connectivity index (χ1v) is 7.13. The Kier molecular flexibility index (Phi) is 4.82. The molecule has 1 heterocycles. The maximum Gasteiger partial charge on any atom is 0.127 e. The molecule has 19 heavy (non-hydrogen) atoms. The molecular formula is C15H19NO2S. The van der Waals surface area contributed by atoms with E-state index >= 15 is 0 Å². The molecular weight excluding hydrogens is 258 g/mol. The van der Waals surface area contributed by atoms with Crippen LogP contribution in [-0.2, 0) is 6.42 Å². The molecule has 3 nitrogen and oxygen atoms in total. The molecule has 1 N–H and O–H groups in total. The van der Waals surface area contributed by atoms with Crippen molar-refractivity contribution in [1.82, 2.24) is 5.32 Å². The van der Waals surface area contributed by atoms with Gasteiger partial charge >= 0.3 is 0 Å². The van der Waals surface area contributed by atoms with Gasteiger partial charge in [0.15, 0.2) is 0 Å². The molecule has 4 heteroatoms. The topological polar surface area (TPSA) is 30.5 Å². The predicted molar refractivity (Wildman–Crippen MR) is 79.4 cm³/mol. The fourth-order valence-electron chi connectivity index (χ4n) is 2.12. The molecule has 0 aliphatic heterocycles. The maximum absolute atomic E-state index is 5.47. The van der Waals surface area contributed by atoms with E-state index in [4.69, 9.17) is 9.47 Å². The lowest BCUT2D eigenvalue weighted by Gasteiger charge is -2.19. The highest BCUT2D eigenvalue weighted by molar-refractivity contribution is 7.07. The summed E-state index contributed by atoms with van der Waals surface area (Å²) < 4.78 is 10.7. The van der Waals surface area contributed by atoms with Gasteiger partial charge < -0.3 is 14.8 Å². The van der Waals surface area contributed by atoms with E-state index in [0.29, 0.717) is 0 Å². The normalized spacial score (nSPS) is 12.2. The Labute approximate surface area is 118 Å². The summed E-state index contributed by atoms with van der Waals surface area (Å²) in [4.78, 5) is 0. The SMILES string of the molecule is CNC(Cc1ccsc1)c1ccc(OC)cc1OC. The van der Waals surface area contributed by atoms with Crippen molar-refractivity contribution in [2.75, 3.05) is 21.3 Å². The minimum Gasteiger partial charge on any atom is -0.497 e. The highest BCUT2D eigenvalue weighted by Crippen LogP contribution is 2.31. The summed E-state index contributed by atoms with van der Waals surface area (Å²) in [6.07, 6.45) is 0.947. The highest BCUT2D eigenvalue weighted by atomic mass is 32.1. The number of thiophene rings is 1. The van der Waals surface area contributed by atoms with Crippen molar-refractivity contribution in [3.63, 3.8) is 0 Å². The van der Waals surface area contributed by atoms with Gasteiger partial charge in [-0.05, 0) is 41.9 Å². The quantitative estimate of drug-likeness (QED) is 0.879. The van der Waals surface area contributed by atoms with Gasteiger partial charge in [-0.2, -0.15) is 11.3 Å². The predicted octanol–water partition coefficient (Wildman–Crippen LogP) is 3.27. The van der Waals surface area contributed by atoms with Crippen LogP contribution in [-0.4, -0.2) is 21.3 Å². The zero-order valence-electron chi connectivity index (χ0n) is 11.5. The zero-order valence-corrected chi connectivity index (χ0v) is 12.3. The van der Waals surface area contributed by atoms with Gasteiger partial charge in [0.2, 0.25) is 0 Å².